The Labute approximate surface area is 104 Å². The van der Waals surface area contributed by atoms with Crippen molar-refractivity contribution in [1.29, 1.82) is 0 Å². The predicted molar refractivity (Wildman–Crippen MR) is 66.2 cm³/mol. The standard InChI is InChI=1S/C9H12ClN3O3S/c10-7-3-1-2-6(8(7)11)9(14)13-4-5-17(12,15)16/h1-3H,4-5,11H2,(H,13,14)(H2,12,15,16). The summed E-state index contributed by atoms with van der Waals surface area (Å²) in [6.45, 7) is -0.0797. The van der Waals surface area contributed by atoms with Crippen molar-refractivity contribution < 1.29 is 13.2 Å². The van der Waals surface area contributed by atoms with Crippen LogP contribution < -0.4 is 16.2 Å². The van der Waals surface area contributed by atoms with Crippen LogP contribution in [0.15, 0.2) is 18.2 Å². The van der Waals surface area contributed by atoms with Gasteiger partial charge in [0.25, 0.3) is 5.91 Å². The number of nitrogens with two attached hydrogens (primary N) is 2. The van der Waals surface area contributed by atoms with E-state index in [4.69, 9.17) is 22.5 Å². The lowest BCUT2D eigenvalue weighted by atomic mass is 10.1. The number of carbonyl (C=O) groups is 1. The van der Waals surface area contributed by atoms with Gasteiger partial charge in [-0.1, -0.05) is 17.7 Å². The van der Waals surface area contributed by atoms with Crippen LogP contribution in [0.5, 0.6) is 0 Å². The summed E-state index contributed by atoms with van der Waals surface area (Å²) in [7, 11) is -3.59. The van der Waals surface area contributed by atoms with Gasteiger partial charge in [0.1, 0.15) is 0 Å². The minimum Gasteiger partial charge on any atom is -0.397 e. The van der Waals surface area contributed by atoms with E-state index in [0.29, 0.717) is 0 Å². The second-order valence-electron chi connectivity index (χ2n) is 3.32. The van der Waals surface area contributed by atoms with Gasteiger partial charge in [-0.05, 0) is 12.1 Å². The molecule has 94 valence electrons. The molecule has 0 aliphatic rings. The molecule has 8 heteroatoms. The molecule has 0 saturated carbocycles. The number of hydrogen-bond donors (Lipinski definition) is 3. The van der Waals surface area contributed by atoms with E-state index in [1.807, 2.05) is 0 Å². The van der Waals surface area contributed by atoms with Crippen molar-refractivity contribution in [2.24, 2.45) is 5.14 Å². The quantitative estimate of drug-likeness (QED) is 0.669. The zero-order valence-electron chi connectivity index (χ0n) is 8.81. The first-order valence-electron chi connectivity index (χ1n) is 4.64. The van der Waals surface area contributed by atoms with E-state index < -0.39 is 15.9 Å². The Morgan fingerprint density at radius 1 is 1.41 bits per heavy atom. The number of nitrogens with one attached hydrogen (secondary N) is 1. The molecule has 0 saturated heterocycles. The molecule has 0 atom stereocenters. The van der Waals surface area contributed by atoms with Gasteiger partial charge in [-0.2, -0.15) is 0 Å². The first-order valence-corrected chi connectivity index (χ1v) is 6.73. The molecule has 1 amide bonds. The third-order valence-corrected chi connectivity index (χ3v) is 3.07. The number of benzene rings is 1. The maximum Gasteiger partial charge on any atom is 0.253 e. The SMILES string of the molecule is Nc1c(Cl)cccc1C(=O)NCCS(N)(=O)=O. The number of primary sulfonamides is 1. The molecule has 0 aliphatic carbocycles. The molecule has 0 bridgehead atoms. The number of para-hydroxylation sites is 1. The van der Waals surface area contributed by atoms with Gasteiger partial charge >= 0.3 is 0 Å². The van der Waals surface area contributed by atoms with E-state index >= 15 is 0 Å². The number of anilines is 1. The average molecular weight is 278 g/mol. The van der Waals surface area contributed by atoms with Gasteiger partial charge in [0, 0.05) is 6.54 Å². The normalized spacial score (nSPS) is 11.2. The molecular weight excluding hydrogens is 266 g/mol. The largest absolute Gasteiger partial charge is 0.397 e. The van der Waals surface area contributed by atoms with Crippen molar-refractivity contribution in [3.05, 3.63) is 28.8 Å². The van der Waals surface area contributed by atoms with Crippen molar-refractivity contribution in [2.45, 2.75) is 0 Å². The fourth-order valence-corrected chi connectivity index (χ4v) is 1.70. The van der Waals surface area contributed by atoms with E-state index in [9.17, 15) is 13.2 Å². The zero-order valence-corrected chi connectivity index (χ0v) is 10.4. The highest BCUT2D eigenvalue weighted by atomic mass is 35.5. The lowest BCUT2D eigenvalue weighted by Crippen LogP contribution is -2.31. The van der Waals surface area contributed by atoms with Gasteiger partial charge in [-0.3, -0.25) is 4.79 Å². The molecule has 0 aliphatic heterocycles. The minimum atomic E-state index is -3.59. The smallest absolute Gasteiger partial charge is 0.253 e. The summed E-state index contributed by atoms with van der Waals surface area (Å²) in [6, 6.07) is 4.62. The second-order valence-corrected chi connectivity index (χ2v) is 5.47. The molecular formula is C9H12ClN3O3S. The van der Waals surface area contributed by atoms with Crippen LogP contribution in [-0.2, 0) is 10.0 Å². The Kier molecular flexibility index (Phi) is 4.33. The molecule has 0 aromatic heterocycles. The molecule has 0 heterocycles. The molecule has 0 unspecified atom stereocenters. The summed E-state index contributed by atoms with van der Waals surface area (Å²) < 4.78 is 21.3. The van der Waals surface area contributed by atoms with Crippen LogP contribution in [0.25, 0.3) is 0 Å². The van der Waals surface area contributed by atoms with Crippen LogP contribution in [0.3, 0.4) is 0 Å². The third kappa shape index (κ3) is 4.22. The lowest BCUT2D eigenvalue weighted by molar-refractivity contribution is 0.0957. The van der Waals surface area contributed by atoms with E-state index in [-0.39, 0.29) is 28.6 Å². The van der Waals surface area contributed by atoms with Crippen LogP contribution in [0.4, 0.5) is 5.69 Å². The monoisotopic (exact) mass is 277 g/mol. The maximum absolute atomic E-state index is 11.6. The van der Waals surface area contributed by atoms with Crippen molar-refractivity contribution in [1.82, 2.24) is 5.32 Å². The maximum atomic E-state index is 11.6. The van der Waals surface area contributed by atoms with Crippen molar-refractivity contribution in [2.75, 3.05) is 18.0 Å². The van der Waals surface area contributed by atoms with Crippen LogP contribution in [0.1, 0.15) is 10.4 Å². The lowest BCUT2D eigenvalue weighted by Gasteiger charge is -2.07. The second kappa shape index (κ2) is 5.35. The zero-order chi connectivity index (χ0) is 13.1. The number of sulfonamides is 1. The van der Waals surface area contributed by atoms with E-state index in [0.717, 1.165) is 0 Å². The summed E-state index contributed by atoms with van der Waals surface area (Å²) in [6.07, 6.45) is 0. The predicted octanol–water partition coefficient (Wildman–Crippen LogP) is -0.0595. The molecule has 1 rings (SSSR count). The van der Waals surface area contributed by atoms with Gasteiger partial charge in [-0.25, -0.2) is 13.6 Å². The van der Waals surface area contributed by atoms with Crippen molar-refractivity contribution >= 4 is 33.2 Å². The Morgan fingerprint density at radius 3 is 2.65 bits per heavy atom. The number of hydrogen-bond acceptors (Lipinski definition) is 4. The first-order chi connectivity index (χ1) is 7.81. The Hall–Kier alpha value is -1.31. The van der Waals surface area contributed by atoms with Crippen molar-refractivity contribution in [3.63, 3.8) is 0 Å². The van der Waals surface area contributed by atoms with E-state index in [2.05, 4.69) is 5.32 Å². The van der Waals surface area contributed by atoms with E-state index in [1.54, 1.807) is 12.1 Å². The Bertz CT molecular complexity index is 530. The highest BCUT2D eigenvalue weighted by Crippen LogP contribution is 2.21. The van der Waals surface area contributed by atoms with Crippen LogP contribution in [0.2, 0.25) is 5.02 Å². The summed E-state index contributed by atoms with van der Waals surface area (Å²) in [5.41, 5.74) is 5.96. The minimum absolute atomic E-state index is 0.0797. The molecule has 0 fully saturated rings. The summed E-state index contributed by atoms with van der Waals surface area (Å²) in [5, 5.41) is 7.44. The van der Waals surface area contributed by atoms with E-state index in [1.165, 1.54) is 6.07 Å². The summed E-state index contributed by atoms with van der Waals surface area (Å²) in [4.78, 5) is 11.6. The number of rotatable bonds is 4. The van der Waals surface area contributed by atoms with Crippen molar-refractivity contribution in [3.8, 4) is 0 Å². The Balaban J connectivity index is 2.68. The molecule has 0 radical (unpaired) electrons. The third-order valence-electron chi connectivity index (χ3n) is 1.97. The highest BCUT2D eigenvalue weighted by molar-refractivity contribution is 7.89. The number of amides is 1. The first kappa shape index (κ1) is 13.8. The van der Waals surface area contributed by atoms with Gasteiger partial charge in [0.2, 0.25) is 10.0 Å². The van der Waals surface area contributed by atoms with Gasteiger partial charge in [-0.15, -0.1) is 0 Å². The van der Waals surface area contributed by atoms with Gasteiger partial charge in [0.05, 0.1) is 22.0 Å². The fraction of sp³-hybridized carbons (Fsp3) is 0.222. The average Bonchev–Trinajstić information content (AvgIpc) is 2.20. The number of halogens is 1. The molecule has 1 aromatic rings. The number of nitrogen functional groups attached to an aromatic ring is 1. The summed E-state index contributed by atoms with van der Waals surface area (Å²) >= 11 is 5.74. The van der Waals surface area contributed by atoms with Crippen LogP contribution in [0, 0.1) is 0 Å². The number of carbonyl (C=O) groups excluding carboxylic acids is 1. The van der Waals surface area contributed by atoms with Gasteiger partial charge in [0.15, 0.2) is 0 Å². The molecule has 0 spiro atoms. The molecule has 6 nitrogen and oxygen atoms in total. The molecule has 1 aromatic carbocycles. The topological polar surface area (TPSA) is 115 Å². The summed E-state index contributed by atoms with van der Waals surface area (Å²) in [5.74, 6) is -0.826. The highest BCUT2D eigenvalue weighted by Gasteiger charge is 2.12. The van der Waals surface area contributed by atoms with Crippen LogP contribution >= 0.6 is 11.6 Å². The van der Waals surface area contributed by atoms with Gasteiger partial charge < -0.3 is 11.1 Å². The fourth-order valence-electron chi connectivity index (χ4n) is 1.14. The Morgan fingerprint density at radius 2 is 2.06 bits per heavy atom. The molecule has 5 N–H and O–H groups in total. The van der Waals surface area contributed by atoms with Crippen LogP contribution in [-0.4, -0.2) is 26.6 Å². The molecule has 17 heavy (non-hydrogen) atoms.